The molecule has 1 heterocycles. The van der Waals surface area contributed by atoms with Gasteiger partial charge in [0.15, 0.2) is 11.6 Å². The maximum absolute atomic E-state index is 14.5. The lowest BCUT2D eigenvalue weighted by molar-refractivity contribution is -0.150. The third kappa shape index (κ3) is 5.84. The average molecular weight is 456 g/mol. The topological polar surface area (TPSA) is 94.7 Å². The predicted octanol–water partition coefficient (Wildman–Crippen LogP) is 5.46. The van der Waals surface area contributed by atoms with E-state index in [2.05, 4.69) is 4.98 Å². The number of aliphatic carboxylic acids is 1. The Morgan fingerprint density at radius 1 is 1.06 bits per heavy atom. The second-order valence-corrected chi connectivity index (χ2v) is 8.81. The summed E-state index contributed by atoms with van der Waals surface area (Å²) in [6.45, 7) is 7.12. The standard InChI is InChI=1S/C25H26F2N2O4/c1-14-8-17(16-7-5-6-15(10-16)13-28)11-18(9-14)32-22-19(26)12-20(27)23(29-22)33-21(24(30)31)25(2,3)4/h5-12,21H,13,28H2,1-4H3,(H,30,31)/t21-/m0/s1. The fraction of sp³-hybridized carbons (Fsp3) is 0.280. The zero-order valence-corrected chi connectivity index (χ0v) is 18.9. The van der Waals surface area contributed by atoms with Crippen LogP contribution in [0.15, 0.2) is 48.5 Å². The highest BCUT2D eigenvalue weighted by Crippen LogP contribution is 2.33. The summed E-state index contributed by atoms with van der Waals surface area (Å²) in [4.78, 5) is 15.4. The zero-order valence-electron chi connectivity index (χ0n) is 18.9. The van der Waals surface area contributed by atoms with Crippen LogP contribution in [-0.4, -0.2) is 22.2 Å². The normalized spacial score (nSPS) is 12.3. The molecular formula is C25H26F2N2O4. The summed E-state index contributed by atoms with van der Waals surface area (Å²) in [5.41, 5.74) is 8.38. The number of nitrogens with two attached hydrogens (primary N) is 1. The number of benzene rings is 2. The number of hydrogen-bond acceptors (Lipinski definition) is 5. The number of carboxylic acid groups (broad SMARTS) is 1. The van der Waals surface area contributed by atoms with Crippen molar-refractivity contribution in [3.8, 4) is 28.6 Å². The monoisotopic (exact) mass is 456 g/mol. The van der Waals surface area contributed by atoms with Crippen molar-refractivity contribution in [3.05, 3.63) is 71.3 Å². The molecule has 0 saturated carbocycles. The van der Waals surface area contributed by atoms with E-state index in [1.165, 1.54) is 0 Å². The van der Waals surface area contributed by atoms with Crippen LogP contribution in [0.2, 0.25) is 0 Å². The van der Waals surface area contributed by atoms with Crippen molar-refractivity contribution in [3.63, 3.8) is 0 Å². The predicted molar refractivity (Wildman–Crippen MR) is 120 cm³/mol. The number of hydrogen-bond donors (Lipinski definition) is 2. The highest BCUT2D eigenvalue weighted by Gasteiger charge is 2.35. The van der Waals surface area contributed by atoms with Gasteiger partial charge in [-0.3, -0.25) is 0 Å². The summed E-state index contributed by atoms with van der Waals surface area (Å²) in [5, 5.41) is 9.44. The van der Waals surface area contributed by atoms with Gasteiger partial charge in [0, 0.05) is 18.0 Å². The molecule has 174 valence electrons. The lowest BCUT2D eigenvalue weighted by Crippen LogP contribution is -2.39. The SMILES string of the molecule is Cc1cc(Oc2nc(O[C@@H](C(=O)O)C(C)(C)C)c(F)cc2F)cc(-c2cccc(CN)c2)c1. The van der Waals surface area contributed by atoms with E-state index in [1.54, 1.807) is 32.9 Å². The Morgan fingerprint density at radius 2 is 1.76 bits per heavy atom. The van der Waals surface area contributed by atoms with Crippen molar-refractivity contribution in [1.29, 1.82) is 0 Å². The summed E-state index contributed by atoms with van der Waals surface area (Å²) in [7, 11) is 0. The number of halogens is 2. The minimum absolute atomic E-state index is 0.276. The van der Waals surface area contributed by atoms with E-state index < -0.39 is 40.9 Å². The van der Waals surface area contributed by atoms with Crippen LogP contribution >= 0.6 is 0 Å². The average Bonchev–Trinajstić information content (AvgIpc) is 2.73. The molecule has 1 atom stereocenters. The molecule has 0 aliphatic rings. The Hall–Kier alpha value is -3.52. The third-order valence-electron chi connectivity index (χ3n) is 4.87. The molecule has 0 bridgehead atoms. The Morgan fingerprint density at radius 3 is 2.39 bits per heavy atom. The number of rotatable bonds is 7. The van der Waals surface area contributed by atoms with Crippen molar-refractivity contribution in [1.82, 2.24) is 4.98 Å². The largest absolute Gasteiger partial charge is 0.478 e. The van der Waals surface area contributed by atoms with Crippen molar-refractivity contribution >= 4 is 5.97 Å². The summed E-state index contributed by atoms with van der Waals surface area (Å²) in [5.74, 6) is -4.38. The fourth-order valence-corrected chi connectivity index (χ4v) is 3.26. The molecule has 0 aliphatic heterocycles. The Labute approximate surface area is 191 Å². The van der Waals surface area contributed by atoms with Gasteiger partial charge in [0.05, 0.1) is 0 Å². The number of pyridine rings is 1. The van der Waals surface area contributed by atoms with E-state index in [0.717, 1.165) is 22.3 Å². The smallest absolute Gasteiger partial charge is 0.345 e. The van der Waals surface area contributed by atoms with E-state index in [9.17, 15) is 18.7 Å². The van der Waals surface area contributed by atoms with Crippen LogP contribution in [0.3, 0.4) is 0 Å². The molecule has 0 radical (unpaired) electrons. The van der Waals surface area contributed by atoms with E-state index in [1.807, 2.05) is 37.3 Å². The molecule has 0 unspecified atom stereocenters. The van der Waals surface area contributed by atoms with Crippen LogP contribution in [0.4, 0.5) is 8.78 Å². The number of aromatic nitrogens is 1. The maximum Gasteiger partial charge on any atom is 0.345 e. The molecule has 0 aliphatic carbocycles. The van der Waals surface area contributed by atoms with Crippen LogP contribution < -0.4 is 15.2 Å². The van der Waals surface area contributed by atoms with E-state index in [0.29, 0.717) is 12.6 Å². The number of carboxylic acids is 1. The number of ether oxygens (including phenoxy) is 2. The first-order valence-electron chi connectivity index (χ1n) is 10.3. The molecule has 3 rings (SSSR count). The van der Waals surface area contributed by atoms with Gasteiger partial charge in [-0.15, -0.1) is 0 Å². The molecule has 8 heteroatoms. The van der Waals surface area contributed by atoms with Crippen LogP contribution in [-0.2, 0) is 11.3 Å². The van der Waals surface area contributed by atoms with Crippen LogP contribution in [0.1, 0.15) is 31.9 Å². The van der Waals surface area contributed by atoms with Gasteiger partial charge in [-0.1, -0.05) is 45.0 Å². The van der Waals surface area contributed by atoms with Crippen molar-refractivity contribution in [2.75, 3.05) is 0 Å². The molecule has 2 aromatic carbocycles. The second kappa shape index (κ2) is 9.54. The Kier molecular flexibility index (Phi) is 6.98. The van der Waals surface area contributed by atoms with Crippen LogP contribution in [0.25, 0.3) is 11.1 Å². The van der Waals surface area contributed by atoms with Crippen molar-refractivity contribution < 1.29 is 28.2 Å². The van der Waals surface area contributed by atoms with Crippen molar-refractivity contribution in [2.45, 2.75) is 40.3 Å². The summed E-state index contributed by atoms with van der Waals surface area (Å²) in [6, 6.07) is 13.5. The van der Waals surface area contributed by atoms with E-state index in [4.69, 9.17) is 15.2 Å². The Bertz CT molecular complexity index is 1180. The van der Waals surface area contributed by atoms with Crippen LogP contribution in [0.5, 0.6) is 17.5 Å². The number of carbonyl (C=O) groups is 1. The van der Waals surface area contributed by atoms with Gasteiger partial charge < -0.3 is 20.3 Å². The molecule has 0 amide bonds. The second-order valence-electron chi connectivity index (χ2n) is 8.81. The first-order chi connectivity index (χ1) is 15.5. The van der Waals surface area contributed by atoms with Gasteiger partial charge in [0.25, 0.3) is 11.8 Å². The van der Waals surface area contributed by atoms with Gasteiger partial charge in [0.2, 0.25) is 6.10 Å². The first-order valence-corrected chi connectivity index (χ1v) is 10.3. The molecule has 0 saturated heterocycles. The van der Waals surface area contributed by atoms with Crippen LogP contribution in [0, 0.1) is 24.0 Å². The Balaban J connectivity index is 1.96. The number of aryl methyl sites for hydroxylation is 1. The quantitative estimate of drug-likeness (QED) is 0.490. The van der Waals surface area contributed by atoms with Gasteiger partial charge in [0.1, 0.15) is 5.75 Å². The lowest BCUT2D eigenvalue weighted by atomic mass is 9.89. The van der Waals surface area contributed by atoms with Gasteiger partial charge in [-0.25, -0.2) is 13.6 Å². The van der Waals surface area contributed by atoms with E-state index in [-0.39, 0.29) is 5.75 Å². The van der Waals surface area contributed by atoms with Gasteiger partial charge in [-0.2, -0.15) is 4.98 Å². The molecular weight excluding hydrogens is 430 g/mol. The highest BCUT2D eigenvalue weighted by molar-refractivity contribution is 5.73. The molecule has 0 fully saturated rings. The number of nitrogens with zero attached hydrogens (tertiary/aromatic N) is 1. The first kappa shape index (κ1) is 24.1. The van der Waals surface area contributed by atoms with Gasteiger partial charge >= 0.3 is 5.97 Å². The summed E-state index contributed by atoms with van der Waals surface area (Å²) >= 11 is 0. The fourth-order valence-electron chi connectivity index (χ4n) is 3.26. The molecule has 33 heavy (non-hydrogen) atoms. The molecule has 6 nitrogen and oxygen atoms in total. The zero-order chi connectivity index (χ0) is 24.3. The minimum Gasteiger partial charge on any atom is -0.478 e. The molecule has 3 N–H and O–H groups in total. The lowest BCUT2D eigenvalue weighted by Gasteiger charge is -2.27. The van der Waals surface area contributed by atoms with E-state index >= 15 is 0 Å². The highest BCUT2D eigenvalue weighted by atomic mass is 19.1. The molecule has 3 aromatic rings. The minimum atomic E-state index is -1.40. The summed E-state index contributed by atoms with van der Waals surface area (Å²) in [6.07, 6.45) is -1.40. The molecule has 0 spiro atoms. The van der Waals surface area contributed by atoms with Gasteiger partial charge in [-0.05, 0) is 47.4 Å². The molecule has 1 aromatic heterocycles. The summed E-state index contributed by atoms with van der Waals surface area (Å²) < 4.78 is 39.7. The third-order valence-corrected chi connectivity index (χ3v) is 4.87. The van der Waals surface area contributed by atoms with Crippen molar-refractivity contribution in [2.24, 2.45) is 11.1 Å². The maximum atomic E-state index is 14.5.